The summed E-state index contributed by atoms with van der Waals surface area (Å²) < 4.78 is 4.66. The minimum absolute atomic E-state index is 0.0754. The molecule has 0 radical (unpaired) electrons. The molecule has 0 N–H and O–H groups in total. The molecular weight excluding hydrogens is 222 g/mol. The van der Waals surface area contributed by atoms with Crippen LogP contribution in [0.2, 0.25) is 0 Å². The van der Waals surface area contributed by atoms with Crippen molar-refractivity contribution in [3.63, 3.8) is 0 Å². The maximum absolute atomic E-state index is 11.9. The van der Waals surface area contributed by atoms with E-state index in [0.29, 0.717) is 0 Å². The number of amides is 2. The number of rotatable bonds is 3. The first-order chi connectivity index (χ1) is 7.72. The maximum Gasteiger partial charge on any atom is 0.313 e. The Morgan fingerprint density at radius 2 is 1.65 bits per heavy atom. The summed E-state index contributed by atoms with van der Waals surface area (Å²) in [5, 5.41) is 0. The monoisotopic (exact) mass is 241 g/mol. The number of carbonyl (C=O) groups is 3. The Hall–Kier alpha value is -1.39. The predicted octanol–water partition coefficient (Wildman–Crippen LogP) is 0.827. The molecule has 0 aromatic carbocycles. The molecule has 0 saturated carbocycles. The summed E-state index contributed by atoms with van der Waals surface area (Å²) in [6.45, 7) is 6.86. The number of ether oxygens (including phenoxy) is 1. The van der Waals surface area contributed by atoms with Crippen molar-refractivity contribution < 1.29 is 19.1 Å². The van der Waals surface area contributed by atoms with Crippen molar-refractivity contribution in [2.75, 3.05) is 13.7 Å². The van der Waals surface area contributed by atoms with Crippen molar-refractivity contribution in [2.24, 2.45) is 17.3 Å². The second-order valence-corrected chi connectivity index (χ2v) is 5.22. The number of esters is 1. The lowest BCUT2D eigenvalue weighted by atomic mass is 9.93. The van der Waals surface area contributed by atoms with Crippen molar-refractivity contribution in [2.45, 2.75) is 27.7 Å². The van der Waals surface area contributed by atoms with Gasteiger partial charge in [-0.25, -0.2) is 0 Å². The normalized spacial score (nSPS) is 25.4. The Balaban J connectivity index is 2.86. The van der Waals surface area contributed by atoms with Gasteiger partial charge in [0.2, 0.25) is 11.8 Å². The predicted molar refractivity (Wildman–Crippen MR) is 60.8 cm³/mol. The lowest BCUT2D eigenvalue weighted by Gasteiger charge is -2.26. The van der Waals surface area contributed by atoms with Crippen molar-refractivity contribution in [1.82, 2.24) is 4.90 Å². The third-order valence-electron chi connectivity index (χ3n) is 3.35. The molecule has 0 spiro atoms. The minimum Gasteiger partial charge on any atom is -0.469 e. The first-order valence-corrected chi connectivity index (χ1v) is 5.66. The maximum atomic E-state index is 11.9. The molecule has 96 valence electrons. The zero-order valence-corrected chi connectivity index (χ0v) is 10.9. The highest BCUT2D eigenvalue weighted by Gasteiger charge is 2.45. The van der Waals surface area contributed by atoms with Crippen LogP contribution in [-0.4, -0.2) is 36.3 Å². The number of methoxy groups -OCH3 is 1. The lowest BCUT2D eigenvalue weighted by Crippen LogP contribution is -2.43. The van der Waals surface area contributed by atoms with Crippen molar-refractivity contribution in [3.05, 3.63) is 0 Å². The smallest absolute Gasteiger partial charge is 0.313 e. The topological polar surface area (TPSA) is 63.7 Å². The largest absolute Gasteiger partial charge is 0.469 e. The molecule has 1 rings (SSSR count). The highest BCUT2D eigenvalue weighted by atomic mass is 16.5. The van der Waals surface area contributed by atoms with Gasteiger partial charge in [0.25, 0.3) is 0 Å². The van der Waals surface area contributed by atoms with Crippen molar-refractivity contribution in [1.29, 1.82) is 0 Å². The fourth-order valence-corrected chi connectivity index (χ4v) is 1.92. The molecule has 5 heteroatoms. The van der Waals surface area contributed by atoms with E-state index in [9.17, 15) is 14.4 Å². The summed E-state index contributed by atoms with van der Waals surface area (Å²) in [6.07, 6.45) is 0. The number of nitrogens with zero attached hydrogens (tertiary/aromatic N) is 1. The zero-order chi connectivity index (χ0) is 13.4. The summed E-state index contributed by atoms with van der Waals surface area (Å²) in [5.41, 5.74) is -0.871. The van der Waals surface area contributed by atoms with Crippen molar-refractivity contribution in [3.8, 4) is 0 Å². The molecule has 2 atom stereocenters. The van der Waals surface area contributed by atoms with Gasteiger partial charge in [-0.15, -0.1) is 0 Å². The van der Waals surface area contributed by atoms with E-state index in [1.54, 1.807) is 27.7 Å². The summed E-state index contributed by atoms with van der Waals surface area (Å²) >= 11 is 0. The van der Waals surface area contributed by atoms with E-state index in [4.69, 9.17) is 0 Å². The summed E-state index contributed by atoms with van der Waals surface area (Å²) in [7, 11) is 1.29. The van der Waals surface area contributed by atoms with Crippen LogP contribution in [0.3, 0.4) is 0 Å². The molecule has 1 aliphatic rings. The van der Waals surface area contributed by atoms with Crippen LogP contribution in [0.4, 0.5) is 0 Å². The third kappa shape index (κ3) is 2.33. The molecule has 17 heavy (non-hydrogen) atoms. The average molecular weight is 241 g/mol. The van der Waals surface area contributed by atoms with E-state index in [-0.39, 0.29) is 30.2 Å². The van der Waals surface area contributed by atoms with Gasteiger partial charge in [0, 0.05) is 18.4 Å². The Labute approximate surface area is 101 Å². The van der Waals surface area contributed by atoms with Crippen LogP contribution in [-0.2, 0) is 19.1 Å². The van der Waals surface area contributed by atoms with Gasteiger partial charge in [-0.05, 0) is 13.8 Å². The first-order valence-electron chi connectivity index (χ1n) is 5.66. The molecule has 2 unspecified atom stereocenters. The average Bonchev–Trinajstić information content (AvgIpc) is 2.45. The lowest BCUT2D eigenvalue weighted by molar-refractivity contribution is -0.154. The molecule has 1 saturated heterocycles. The second kappa shape index (κ2) is 4.47. The summed E-state index contributed by atoms with van der Waals surface area (Å²) in [4.78, 5) is 36.4. The van der Waals surface area contributed by atoms with E-state index in [1.807, 2.05) is 0 Å². The van der Waals surface area contributed by atoms with E-state index in [1.165, 1.54) is 12.0 Å². The molecular formula is C12H19NO4. The van der Waals surface area contributed by atoms with Crippen LogP contribution in [0.15, 0.2) is 0 Å². The highest BCUT2D eigenvalue weighted by Crippen LogP contribution is 2.29. The van der Waals surface area contributed by atoms with Gasteiger partial charge < -0.3 is 4.74 Å². The molecule has 0 aromatic rings. The minimum atomic E-state index is -0.871. The van der Waals surface area contributed by atoms with Crippen molar-refractivity contribution >= 4 is 17.8 Å². The van der Waals surface area contributed by atoms with Gasteiger partial charge in [-0.1, -0.05) is 13.8 Å². The van der Waals surface area contributed by atoms with Crippen LogP contribution in [0.1, 0.15) is 27.7 Å². The van der Waals surface area contributed by atoms with E-state index >= 15 is 0 Å². The molecule has 1 fully saturated rings. The third-order valence-corrected chi connectivity index (χ3v) is 3.35. The molecule has 1 aliphatic heterocycles. The van der Waals surface area contributed by atoms with E-state index in [0.717, 1.165) is 0 Å². The number of hydrogen-bond donors (Lipinski definition) is 0. The van der Waals surface area contributed by atoms with Gasteiger partial charge in [0.15, 0.2) is 0 Å². The number of likely N-dealkylation sites (tertiary alicyclic amines) is 1. The van der Waals surface area contributed by atoms with Crippen LogP contribution >= 0.6 is 0 Å². The number of carbonyl (C=O) groups excluding carboxylic acids is 3. The Bertz CT molecular complexity index is 342. The van der Waals surface area contributed by atoms with Gasteiger partial charge in [-0.2, -0.15) is 0 Å². The molecule has 0 aliphatic carbocycles. The van der Waals surface area contributed by atoms with Gasteiger partial charge >= 0.3 is 5.97 Å². The van der Waals surface area contributed by atoms with Crippen LogP contribution in [0.25, 0.3) is 0 Å². The van der Waals surface area contributed by atoms with Gasteiger partial charge in [-0.3, -0.25) is 19.3 Å². The van der Waals surface area contributed by atoms with Crippen LogP contribution in [0, 0.1) is 17.3 Å². The number of hydrogen-bond acceptors (Lipinski definition) is 4. The summed E-state index contributed by atoms with van der Waals surface area (Å²) in [5.74, 6) is -1.46. The first kappa shape index (κ1) is 13.7. The van der Waals surface area contributed by atoms with Gasteiger partial charge in [0.1, 0.15) is 0 Å². The molecule has 5 nitrogen and oxygen atoms in total. The molecule has 1 heterocycles. The van der Waals surface area contributed by atoms with Crippen LogP contribution < -0.4 is 0 Å². The number of imide groups is 1. The van der Waals surface area contributed by atoms with E-state index < -0.39 is 11.4 Å². The fraction of sp³-hybridized carbons (Fsp3) is 0.750. The fourth-order valence-electron chi connectivity index (χ4n) is 1.92. The zero-order valence-electron chi connectivity index (χ0n) is 10.9. The Morgan fingerprint density at radius 1 is 1.24 bits per heavy atom. The Morgan fingerprint density at radius 3 is 2.00 bits per heavy atom. The van der Waals surface area contributed by atoms with Crippen LogP contribution in [0.5, 0.6) is 0 Å². The SMILES string of the molecule is COC(=O)C(C)(C)CN1C(=O)C(C)C(C)C1=O. The Kier molecular flexibility index (Phi) is 3.59. The molecule has 0 aromatic heterocycles. The highest BCUT2D eigenvalue weighted by molar-refractivity contribution is 6.05. The van der Waals surface area contributed by atoms with E-state index in [2.05, 4.69) is 4.74 Å². The molecule has 2 amide bonds. The molecule has 0 bridgehead atoms. The summed E-state index contributed by atoms with van der Waals surface area (Å²) in [6, 6.07) is 0. The quantitative estimate of drug-likeness (QED) is 0.542. The second-order valence-electron chi connectivity index (χ2n) is 5.22. The standard InChI is InChI=1S/C12H19NO4/c1-7-8(2)10(15)13(9(7)14)6-12(3,4)11(16)17-5/h7-8H,6H2,1-5H3. The van der Waals surface area contributed by atoms with Gasteiger partial charge in [0.05, 0.1) is 12.5 Å².